The fourth-order valence-corrected chi connectivity index (χ4v) is 3.99. The van der Waals surface area contributed by atoms with Crippen LogP contribution >= 0.6 is 0 Å². The quantitative estimate of drug-likeness (QED) is 0.413. The molecule has 2 amide bonds. The molecule has 1 aliphatic rings. The number of benzene rings is 2. The number of nitrogens with one attached hydrogen (secondary N) is 2. The Hall–Kier alpha value is -3.70. The maximum Gasteiger partial charge on any atom is 0.421 e. The first-order chi connectivity index (χ1) is 17.6. The van der Waals surface area contributed by atoms with Crippen molar-refractivity contribution in [3.63, 3.8) is 0 Å². The molecule has 4 rings (SSSR count). The summed E-state index contributed by atoms with van der Waals surface area (Å²) in [6.45, 7) is 2.94. The molecule has 37 heavy (non-hydrogen) atoms. The van der Waals surface area contributed by atoms with Gasteiger partial charge in [-0.3, -0.25) is 10.2 Å². The van der Waals surface area contributed by atoms with E-state index < -0.39 is 17.8 Å². The Bertz CT molecular complexity index is 1160. The predicted molar refractivity (Wildman–Crippen MR) is 132 cm³/mol. The predicted octanol–water partition coefficient (Wildman–Crippen LogP) is 4.93. The van der Waals surface area contributed by atoms with Gasteiger partial charge in [0.25, 0.3) is 0 Å². The lowest BCUT2D eigenvalue weighted by molar-refractivity contribution is -0.258. The number of amides is 2. The zero-order chi connectivity index (χ0) is 26.5. The molecule has 2 aromatic carbocycles. The Balaban J connectivity index is 1.21. The van der Waals surface area contributed by atoms with Crippen LogP contribution in [-0.2, 0) is 12.1 Å². The van der Waals surface area contributed by atoms with Crippen molar-refractivity contribution in [2.45, 2.75) is 44.2 Å². The highest BCUT2D eigenvalue weighted by molar-refractivity contribution is 5.99. The lowest BCUT2D eigenvalue weighted by Crippen LogP contribution is -2.39. The number of rotatable bonds is 7. The highest BCUT2D eigenvalue weighted by Crippen LogP contribution is 2.38. The molecular weight excluding hydrogens is 487 g/mol. The molecule has 1 fully saturated rings. The highest BCUT2D eigenvalue weighted by Gasteiger charge is 2.51. The van der Waals surface area contributed by atoms with Crippen LogP contribution in [0, 0.1) is 0 Å². The van der Waals surface area contributed by atoms with Crippen molar-refractivity contribution in [2.75, 3.05) is 23.7 Å². The number of hydrogen-bond donors (Lipinski definition) is 3. The lowest BCUT2D eigenvalue weighted by atomic mass is 9.94. The van der Waals surface area contributed by atoms with Crippen LogP contribution in [0.3, 0.4) is 0 Å². The minimum absolute atomic E-state index is 0.0420. The summed E-state index contributed by atoms with van der Waals surface area (Å²) < 4.78 is 45.2. The molecule has 0 bridgehead atoms. The van der Waals surface area contributed by atoms with Crippen molar-refractivity contribution in [2.24, 2.45) is 0 Å². The number of aromatic nitrogens is 2. The fraction of sp³-hybridized carbons (Fsp3) is 0.346. The first-order valence-electron chi connectivity index (χ1n) is 11.8. The van der Waals surface area contributed by atoms with Crippen LogP contribution in [0.2, 0.25) is 0 Å². The van der Waals surface area contributed by atoms with E-state index in [1.807, 2.05) is 0 Å². The molecule has 8 nitrogen and oxygen atoms in total. The van der Waals surface area contributed by atoms with Crippen molar-refractivity contribution in [3.8, 4) is 5.75 Å². The molecule has 196 valence electrons. The van der Waals surface area contributed by atoms with Crippen molar-refractivity contribution in [1.29, 1.82) is 0 Å². The average molecular weight is 516 g/mol. The van der Waals surface area contributed by atoms with E-state index in [0.717, 1.165) is 38.4 Å². The van der Waals surface area contributed by atoms with Crippen LogP contribution in [-0.4, -0.2) is 51.4 Å². The topological polar surface area (TPSA) is 99.6 Å². The monoisotopic (exact) mass is 515 g/mol. The Morgan fingerprint density at radius 2 is 1.73 bits per heavy atom. The van der Waals surface area contributed by atoms with E-state index in [2.05, 4.69) is 25.5 Å². The molecule has 0 radical (unpaired) electrons. The normalized spacial score (nSPS) is 16.6. The first-order valence-corrected chi connectivity index (χ1v) is 11.8. The molecule has 1 aromatic heterocycles. The van der Waals surface area contributed by atoms with Gasteiger partial charge in [0.15, 0.2) is 5.60 Å². The van der Waals surface area contributed by atoms with Gasteiger partial charge in [0.1, 0.15) is 24.0 Å². The number of aliphatic hydroxyl groups is 1. The summed E-state index contributed by atoms with van der Waals surface area (Å²) in [6.07, 6.45) is -0.202. The van der Waals surface area contributed by atoms with Crippen molar-refractivity contribution in [1.82, 2.24) is 14.9 Å². The standard InChI is InChI=1S/C26H28F3N5O3/c1-25(36,26(27,28)29)19-4-2-18(3-5-19)16-34-14-11-22(12-15-34)37-21-8-6-20(7-9-21)32-24(35)33-23-10-13-30-17-31-23/h2-10,13,17,22,36H,11-12,14-16H2,1H3,(H2,30,31,32,33,35). The van der Waals surface area contributed by atoms with Gasteiger partial charge in [-0.05, 0) is 61.2 Å². The summed E-state index contributed by atoms with van der Waals surface area (Å²) >= 11 is 0. The SMILES string of the molecule is CC(O)(c1ccc(CN2CCC(Oc3ccc(NC(=O)Nc4ccncn4)cc3)CC2)cc1)C(F)(F)F. The van der Waals surface area contributed by atoms with E-state index in [1.54, 1.807) is 42.5 Å². The number of piperidine rings is 1. The number of ether oxygens (including phenoxy) is 1. The van der Waals surface area contributed by atoms with E-state index in [4.69, 9.17) is 4.74 Å². The lowest BCUT2D eigenvalue weighted by Gasteiger charge is -2.32. The van der Waals surface area contributed by atoms with Gasteiger partial charge < -0.3 is 15.2 Å². The van der Waals surface area contributed by atoms with Gasteiger partial charge in [-0.25, -0.2) is 14.8 Å². The Morgan fingerprint density at radius 1 is 1.05 bits per heavy atom. The molecule has 1 aliphatic heterocycles. The zero-order valence-corrected chi connectivity index (χ0v) is 20.2. The van der Waals surface area contributed by atoms with Gasteiger partial charge in [0.2, 0.25) is 0 Å². The average Bonchev–Trinajstić information content (AvgIpc) is 2.87. The summed E-state index contributed by atoms with van der Waals surface area (Å²) in [5, 5.41) is 15.2. The molecule has 11 heteroatoms. The second-order valence-corrected chi connectivity index (χ2v) is 9.06. The van der Waals surface area contributed by atoms with E-state index in [1.165, 1.54) is 24.7 Å². The summed E-state index contributed by atoms with van der Waals surface area (Å²) in [4.78, 5) is 22.0. The Kier molecular flexibility index (Phi) is 7.94. The third-order valence-corrected chi connectivity index (χ3v) is 6.25. The molecule has 2 heterocycles. The van der Waals surface area contributed by atoms with Crippen molar-refractivity contribution < 1.29 is 27.8 Å². The van der Waals surface area contributed by atoms with Crippen LogP contribution in [0.15, 0.2) is 67.1 Å². The molecule has 3 N–H and O–H groups in total. The van der Waals surface area contributed by atoms with Gasteiger partial charge in [-0.2, -0.15) is 13.2 Å². The zero-order valence-electron chi connectivity index (χ0n) is 20.2. The number of likely N-dealkylation sites (tertiary alicyclic amines) is 1. The number of alkyl halides is 3. The molecule has 0 saturated carbocycles. The molecule has 1 saturated heterocycles. The van der Waals surface area contributed by atoms with Crippen LogP contribution in [0.25, 0.3) is 0 Å². The molecule has 1 unspecified atom stereocenters. The number of hydrogen-bond acceptors (Lipinski definition) is 6. The van der Waals surface area contributed by atoms with Gasteiger partial charge in [-0.15, -0.1) is 0 Å². The third kappa shape index (κ3) is 6.95. The smallest absolute Gasteiger partial charge is 0.421 e. The molecule has 3 aromatic rings. The minimum Gasteiger partial charge on any atom is -0.490 e. The first kappa shape index (κ1) is 26.4. The number of halogens is 3. The number of anilines is 2. The molecular formula is C26H28F3N5O3. The Labute approximate surface area is 212 Å². The van der Waals surface area contributed by atoms with Gasteiger partial charge in [0, 0.05) is 31.5 Å². The summed E-state index contributed by atoms with van der Waals surface area (Å²) in [6, 6.07) is 14.2. The minimum atomic E-state index is -4.74. The van der Waals surface area contributed by atoms with Gasteiger partial charge in [0.05, 0.1) is 0 Å². The van der Waals surface area contributed by atoms with Crippen LogP contribution in [0.4, 0.5) is 29.5 Å². The fourth-order valence-electron chi connectivity index (χ4n) is 3.99. The van der Waals surface area contributed by atoms with E-state index in [0.29, 0.717) is 23.8 Å². The van der Waals surface area contributed by atoms with E-state index in [-0.39, 0.29) is 11.7 Å². The van der Waals surface area contributed by atoms with Crippen molar-refractivity contribution >= 4 is 17.5 Å². The van der Waals surface area contributed by atoms with Crippen LogP contribution in [0.1, 0.15) is 30.9 Å². The highest BCUT2D eigenvalue weighted by atomic mass is 19.4. The largest absolute Gasteiger partial charge is 0.490 e. The van der Waals surface area contributed by atoms with Crippen molar-refractivity contribution in [3.05, 3.63) is 78.2 Å². The van der Waals surface area contributed by atoms with Crippen LogP contribution in [0.5, 0.6) is 5.75 Å². The van der Waals surface area contributed by atoms with E-state index in [9.17, 15) is 23.1 Å². The molecule has 1 atom stereocenters. The molecule has 0 aliphatic carbocycles. The number of carbonyl (C=O) groups excluding carboxylic acids is 1. The van der Waals surface area contributed by atoms with Gasteiger partial charge >= 0.3 is 12.2 Å². The Morgan fingerprint density at radius 3 is 2.32 bits per heavy atom. The summed E-state index contributed by atoms with van der Waals surface area (Å²) in [7, 11) is 0. The third-order valence-electron chi connectivity index (χ3n) is 6.25. The number of carbonyl (C=O) groups is 1. The maximum absolute atomic E-state index is 13.0. The molecule has 0 spiro atoms. The number of urea groups is 1. The second kappa shape index (κ2) is 11.1. The van der Waals surface area contributed by atoms with Crippen LogP contribution < -0.4 is 15.4 Å². The number of nitrogens with zero attached hydrogens (tertiary/aromatic N) is 3. The summed E-state index contributed by atoms with van der Waals surface area (Å²) in [5.41, 5.74) is -1.56. The maximum atomic E-state index is 13.0. The summed E-state index contributed by atoms with van der Waals surface area (Å²) in [5.74, 6) is 1.10. The second-order valence-electron chi connectivity index (χ2n) is 9.06. The van der Waals surface area contributed by atoms with E-state index >= 15 is 0 Å². The van der Waals surface area contributed by atoms with Gasteiger partial charge in [-0.1, -0.05) is 24.3 Å².